The summed E-state index contributed by atoms with van der Waals surface area (Å²) in [6.45, 7) is 5.99. The molecule has 0 aromatic carbocycles. The number of primary amides is 2. The maximum absolute atomic E-state index is 13.6. The van der Waals surface area contributed by atoms with Gasteiger partial charge in [-0.3, -0.25) is 52.7 Å². The predicted octanol–water partition coefficient (Wildman–Crippen LogP) is -6.50. The van der Waals surface area contributed by atoms with Crippen molar-refractivity contribution in [1.82, 2.24) is 42.1 Å². The van der Waals surface area contributed by atoms with Crippen LogP contribution in [0, 0.1) is 11.8 Å². The largest absolute Gasteiger partial charge is 0.481 e. The fraction of sp³-hybridized carbons (Fsp3) is 0.692. The molecule has 1 heterocycles. The number of hydrogen-bond acceptors (Lipinski definition) is 15. The molecule has 0 aliphatic carbocycles. The number of hydrogen-bond donors (Lipinski definition) is 14. The Balaban J connectivity index is 3.19. The lowest BCUT2D eigenvalue weighted by Gasteiger charge is -2.30. The van der Waals surface area contributed by atoms with E-state index >= 15 is 0 Å². The number of rotatable bonds is 29. The number of amides is 10. The van der Waals surface area contributed by atoms with Crippen molar-refractivity contribution in [1.29, 1.82) is 0 Å². The fourth-order valence-corrected chi connectivity index (χ4v) is 6.44. The van der Waals surface area contributed by atoms with Crippen LogP contribution in [0.3, 0.4) is 0 Å². The second-order valence-electron chi connectivity index (χ2n) is 16.0. The Bertz CT molecular complexity index is 1800. The first-order valence-corrected chi connectivity index (χ1v) is 21.2. The minimum atomic E-state index is -1.87. The molecule has 0 spiro atoms. The maximum atomic E-state index is 13.6. The van der Waals surface area contributed by atoms with Crippen molar-refractivity contribution in [2.75, 3.05) is 19.8 Å². The van der Waals surface area contributed by atoms with Gasteiger partial charge in [-0.25, -0.2) is 4.79 Å². The van der Waals surface area contributed by atoms with Gasteiger partial charge in [0.25, 0.3) is 0 Å². The van der Waals surface area contributed by atoms with Gasteiger partial charge < -0.3 is 79.7 Å². The quantitative estimate of drug-likeness (QED) is 0.0332. The minimum absolute atomic E-state index is 0.195. The van der Waals surface area contributed by atoms with E-state index in [1.807, 2.05) is 12.2 Å². The first-order chi connectivity index (χ1) is 30.8. The van der Waals surface area contributed by atoms with Gasteiger partial charge in [-0.2, -0.15) is 0 Å². The molecule has 10 amide bonds. The molecule has 0 bridgehead atoms. The van der Waals surface area contributed by atoms with E-state index < -0.39 is 170 Å². The van der Waals surface area contributed by atoms with Crippen molar-refractivity contribution >= 4 is 71.0 Å². The zero-order chi connectivity index (χ0) is 50.6. The monoisotopic (exact) mass is 943 g/mol. The van der Waals surface area contributed by atoms with Crippen LogP contribution in [0.1, 0.15) is 86.0 Å². The molecule has 0 unspecified atom stereocenters. The molecule has 0 saturated carbocycles. The van der Waals surface area contributed by atoms with E-state index in [2.05, 4.69) is 31.9 Å². The number of carbonyl (C=O) groups excluding carboxylic acids is 10. The van der Waals surface area contributed by atoms with Crippen molar-refractivity contribution in [2.45, 2.75) is 140 Å². The third kappa shape index (κ3) is 18.2. The summed E-state index contributed by atoms with van der Waals surface area (Å²) in [7, 11) is 0. The van der Waals surface area contributed by atoms with E-state index in [0.717, 1.165) is 6.92 Å². The molecule has 27 nitrogen and oxygen atoms in total. The van der Waals surface area contributed by atoms with E-state index in [1.54, 1.807) is 13.8 Å². The molecule has 17 N–H and O–H groups in total. The second-order valence-corrected chi connectivity index (χ2v) is 16.0. The number of nitrogens with two attached hydrogens (primary N) is 3. The number of nitrogens with one attached hydrogen (secondary N) is 7. The Hall–Kier alpha value is -6.48. The zero-order valence-corrected chi connectivity index (χ0v) is 37.5. The van der Waals surface area contributed by atoms with E-state index in [9.17, 15) is 72.9 Å². The molecule has 1 aliphatic rings. The Morgan fingerprint density at radius 2 is 1.08 bits per heavy atom. The average Bonchev–Trinajstić information content (AvgIpc) is 3.75. The van der Waals surface area contributed by atoms with Crippen LogP contribution in [-0.2, 0) is 57.5 Å². The number of aliphatic hydroxyl groups excluding tert-OH is 2. The number of likely N-dealkylation sites (tertiary alicyclic amines) is 1. The number of aliphatic carboxylic acids is 2. The lowest BCUT2D eigenvalue weighted by Crippen LogP contribution is -2.61. The van der Waals surface area contributed by atoms with E-state index in [4.69, 9.17) is 22.3 Å². The SMILES string of the molecule is CC[C@H](C)[C@H](N)C(=O)N1CCC[C@H]1C(=O)N[C@@H](CCC(=O)O)C(=O)N[C@@H](CC(N)=O)C(=O)N[C@@H](CO)C(=O)N[C@@H](C)C(=O)N[C@H](C(=O)N[C@@H](CC(N)=O)C(=O)N[C@@H](CO)C(=O)O)[C@@H](C)CC. The van der Waals surface area contributed by atoms with Crippen LogP contribution < -0.4 is 54.4 Å². The highest BCUT2D eigenvalue weighted by atomic mass is 16.4. The van der Waals surface area contributed by atoms with Gasteiger partial charge in [-0.05, 0) is 38.0 Å². The first-order valence-electron chi connectivity index (χ1n) is 21.2. The molecule has 1 fully saturated rings. The maximum Gasteiger partial charge on any atom is 0.328 e. The van der Waals surface area contributed by atoms with Crippen LogP contribution in [-0.4, -0.2) is 170 Å². The molecule has 11 atom stereocenters. The predicted molar refractivity (Wildman–Crippen MR) is 227 cm³/mol. The molecule has 1 saturated heterocycles. The summed E-state index contributed by atoms with van der Waals surface area (Å²) in [6.07, 6.45) is -1.39. The summed E-state index contributed by atoms with van der Waals surface area (Å²) in [4.78, 5) is 154. The van der Waals surface area contributed by atoms with Crippen molar-refractivity contribution in [3.05, 3.63) is 0 Å². The highest BCUT2D eigenvalue weighted by molar-refractivity contribution is 5.99. The normalized spacial score (nSPS) is 17.9. The highest BCUT2D eigenvalue weighted by Gasteiger charge is 2.40. The van der Waals surface area contributed by atoms with E-state index in [-0.39, 0.29) is 25.3 Å². The number of aliphatic hydroxyl groups is 2. The number of carboxylic acids is 2. The lowest BCUT2D eigenvalue weighted by molar-refractivity contribution is -0.143. The first kappa shape index (κ1) is 57.5. The van der Waals surface area contributed by atoms with Crippen molar-refractivity contribution < 1.29 is 78.0 Å². The number of carboxylic acid groups (broad SMARTS) is 2. The molecule has 0 aromatic rings. The second kappa shape index (κ2) is 27.8. The third-order valence-corrected chi connectivity index (χ3v) is 10.9. The molecule has 1 rings (SSSR count). The standard InChI is InChI=1S/C39H65N11O16/c1-6-17(3)29(42)38(64)50-12-8-9-25(50)36(62)44-20(10-11-28(55)56)32(58)45-21(13-26(40)53)33(59)47-23(15-51)35(61)43-19(5)31(57)49-30(18(4)7-2)37(63)46-22(14-27(41)54)34(60)48-24(16-52)39(65)66/h17-25,29-30,51-52H,6-16,42H2,1-5H3,(H2,40,53)(H2,41,54)(H,43,61)(H,44,62)(H,45,58)(H,46,63)(H,47,59)(H,48,60)(H,49,57)(H,55,56)(H,65,66)/t17-,18-,19-,20-,21-,22-,23-,24-,25-,29-,30-/m0/s1. The summed E-state index contributed by atoms with van der Waals surface area (Å²) in [5.74, 6) is -14.2. The van der Waals surface area contributed by atoms with Crippen LogP contribution in [0.5, 0.6) is 0 Å². The smallest absolute Gasteiger partial charge is 0.328 e. The van der Waals surface area contributed by atoms with Crippen molar-refractivity contribution in [3.8, 4) is 0 Å². The van der Waals surface area contributed by atoms with Crippen LogP contribution in [0.25, 0.3) is 0 Å². The molecule has 66 heavy (non-hydrogen) atoms. The van der Waals surface area contributed by atoms with Crippen LogP contribution in [0.2, 0.25) is 0 Å². The van der Waals surface area contributed by atoms with Gasteiger partial charge in [-0.1, -0.05) is 40.5 Å². The van der Waals surface area contributed by atoms with Crippen LogP contribution >= 0.6 is 0 Å². The van der Waals surface area contributed by atoms with Gasteiger partial charge in [0.2, 0.25) is 59.1 Å². The van der Waals surface area contributed by atoms with E-state index in [0.29, 0.717) is 12.8 Å². The molecule has 27 heteroatoms. The molecular formula is C39H65N11O16. The zero-order valence-electron chi connectivity index (χ0n) is 37.5. The molecule has 0 radical (unpaired) electrons. The van der Waals surface area contributed by atoms with Crippen molar-refractivity contribution in [2.24, 2.45) is 29.0 Å². The molecular weight excluding hydrogens is 878 g/mol. The Labute approximate surface area is 379 Å². The molecule has 0 aromatic heterocycles. The van der Waals surface area contributed by atoms with Gasteiger partial charge in [0.05, 0.1) is 32.1 Å². The number of nitrogens with zero attached hydrogens (tertiary/aromatic N) is 1. The fourth-order valence-electron chi connectivity index (χ4n) is 6.44. The molecule has 372 valence electrons. The van der Waals surface area contributed by atoms with Gasteiger partial charge in [0, 0.05) is 13.0 Å². The Morgan fingerprint density at radius 3 is 1.55 bits per heavy atom. The van der Waals surface area contributed by atoms with E-state index in [1.165, 1.54) is 11.8 Å². The third-order valence-electron chi connectivity index (χ3n) is 10.9. The highest BCUT2D eigenvalue weighted by Crippen LogP contribution is 2.21. The Morgan fingerprint density at radius 1 is 0.606 bits per heavy atom. The minimum Gasteiger partial charge on any atom is -0.481 e. The average molecular weight is 944 g/mol. The summed E-state index contributed by atoms with van der Waals surface area (Å²) >= 11 is 0. The van der Waals surface area contributed by atoms with Crippen molar-refractivity contribution in [3.63, 3.8) is 0 Å². The van der Waals surface area contributed by atoms with Gasteiger partial charge >= 0.3 is 11.9 Å². The summed E-state index contributed by atoms with van der Waals surface area (Å²) in [5.41, 5.74) is 16.6. The summed E-state index contributed by atoms with van der Waals surface area (Å²) < 4.78 is 0. The lowest BCUT2D eigenvalue weighted by atomic mass is 9.97. The van der Waals surface area contributed by atoms with Gasteiger partial charge in [-0.15, -0.1) is 0 Å². The topological polar surface area (TPSA) is 451 Å². The Kier molecular flexibility index (Phi) is 24.2. The van der Waals surface area contributed by atoms with Gasteiger partial charge in [0.1, 0.15) is 48.3 Å². The summed E-state index contributed by atoms with van der Waals surface area (Å²) in [5, 5.41) is 53.3. The van der Waals surface area contributed by atoms with Gasteiger partial charge in [0.15, 0.2) is 0 Å². The molecule has 1 aliphatic heterocycles. The van der Waals surface area contributed by atoms with Crippen LogP contribution in [0.4, 0.5) is 0 Å². The van der Waals surface area contributed by atoms with Crippen LogP contribution in [0.15, 0.2) is 0 Å². The summed E-state index contributed by atoms with van der Waals surface area (Å²) in [6, 6.07) is -13.8. The number of carbonyl (C=O) groups is 12.